The van der Waals surface area contributed by atoms with Gasteiger partial charge in [-0.1, -0.05) is 101 Å². The lowest BCUT2D eigenvalue weighted by atomic mass is 9.86. The second-order valence-corrected chi connectivity index (χ2v) is 20.5. The van der Waals surface area contributed by atoms with Gasteiger partial charge in [0.25, 0.3) is 0 Å². The fraction of sp³-hybridized carbons (Fsp3) is 0.421. The van der Waals surface area contributed by atoms with Crippen molar-refractivity contribution in [3.63, 3.8) is 0 Å². The topological polar surface area (TPSA) is 341 Å². The normalized spacial score (nSPS) is 10.6. The summed E-state index contributed by atoms with van der Waals surface area (Å²) in [4.78, 5) is 79.5. The van der Waals surface area contributed by atoms with Crippen molar-refractivity contribution in [2.24, 2.45) is 35.5 Å². The molecular weight excluding hydrogens is 961 g/mol. The predicted octanol–water partition coefficient (Wildman–Crippen LogP) is 10.2. The number of aliphatic carboxylic acids is 6. The first-order chi connectivity index (χ1) is 34.9. The number of benzene rings is 3. The molecule has 0 radical (unpaired) electrons. The van der Waals surface area contributed by atoms with Crippen molar-refractivity contribution in [2.45, 2.75) is 122 Å². The summed E-state index contributed by atoms with van der Waals surface area (Å²) in [5.41, 5.74) is 23.4. The van der Waals surface area contributed by atoms with Gasteiger partial charge in [-0.25, -0.2) is 43.7 Å². The zero-order valence-electron chi connectivity index (χ0n) is 45.3. The third-order valence-corrected chi connectivity index (χ3v) is 10.7. The Morgan fingerprint density at radius 3 is 0.707 bits per heavy atom. The van der Waals surface area contributed by atoms with Crippen molar-refractivity contribution < 1.29 is 59.4 Å². The molecule has 0 saturated carbocycles. The molecule has 0 atom stereocenters. The third kappa shape index (κ3) is 22.8. The number of carboxylic acid groups (broad SMARTS) is 6. The molecule has 0 amide bonds. The summed E-state index contributed by atoms with van der Waals surface area (Å²) in [6.45, 7) is 23.9. The monoisotopic (exact) mass is 1040 g/mol. The highest BCUT2D eigenvalue weighted by atomic mass is 16.4. The molecule has 0 aliphatic rings. The van der Waals surface area contributed by atoms with Gasteiger partial charge in [0.05, 0.1) is 0 Å². The lowest BCUT2D eigenvalue weighted by Gasteiger charge is -2.18. The molecule has 3 aromatic carbocycles. The van der Waals surface area contributed by atoms with Crippen LogP contribution in [0.3, 0.4) is 0 Å². The zero-order valence-corrected chi connectivity index (χ0v) is 45.3. The van der Waals surface area contributed by atoms with Gasteiger partial charge in [-0.05, 0) is 161 Å². The first kappa shape index (κ1) is 65.1. The van der Waals surface area contributed by atoms with Crippen LogP contribution in [0.4, 0.5) is 17.1 Å². The number of anilines is 3. The molecule has 1 heterocycles. The van der Waals surface area contributed by atoms with Crippen LogP contribution in [0.25, 0.3) is 16.7 Å². The zero-order chi connectivity index (χ0) is 57.4. The van der Waals surface area contributed by atoms with Crippen LogP contribution in [-0.2, 0) is 48.0 Å². The van der Waals surface area contributed by atoms with Crippen molar-refractivity contribution in [3.8, 4) is 0 Å². The van der Waals surface area contributed by atoms with Gasteiger partial charge in [-0.15, -0.1) is 0 Å². The number of nitrogen functional groups attached to an aromatic ring is 3. The minimum Gasteiger partial charge on any atom is -0.477 e. The van der Waals surface area contributed by atoms with Gasteiger partial charge in [0.1, 0.15) is 35.7 Å². The molecule has 75 heavy (non-hydrogen) atoms. The van der Waals surface area contributed by atoms with Crippen LogP contribution in [0.1, 0.15) is 136 Å². The molecule has 1 aromatic heterocycles. The molecule has 0 saturated heterocycles. The van der Waals surface area contributed by atoms with E-state index in [2.05, 4.69) is 15.0 Å². The number of carbonyl (C=O) groups is 6. The molecule has 0 aliphatic carbocycles. The van der Waals surface area contributed by atoms with E-state index < -0.39 is 52.5 Å². The first-order valence-corrected chi connectivity index (χ1v) is 24.7. The van der Waals surface area contributed by atoms with E-state index in [1.165, 1.54) is 19.0 Å². The van der Waals surface area contributed by atoms with Gasteiger partial charge in [-0.2, -0.15) is 0 Å². The molecule has 18 heteroatoms. The van der Waals surface area contributed by atoms with Gasteiger partial charge < -0.3 is 47.8 Å². The molecule has 408 valence electrons. The van der Waals surface area contributed by atoms with E-state index in [0.29, 0.717) is 107 Å². The van der Waals surface area contributed by atoms with Gasteiger partial charge in [0.2, 0.25) is 0 Å². The van der Waals surface area contributed by atoms with Crippen molar-refractivity contribution in [1.29, 1.82) is 0 Å². The van der Waals surface area contributed by atoms with E-state index >= 15 is 0 Å². The molecule has 4 rings (SSSR count). The number of nitrogens with zero attached hydrogens (tertiary/aromatic N) is 3. The maximum Gasteiger partial charge on any atom is 0.343 e. The molecule has 0 unspecified atom stereocenters. The molecule has 0 aliphatic heterocycles. The quantitative estimate of drug-likeness (QED) is 0.0162. The van der Waals surface area contributed by atoms with Crippen LogP contribution in [-0.4, -0.2) is 81.4 Å². The van der Waals surface area contributed by atoms with Crippen molar-refractivity contribution >= 4 is 69.6 Å². The highest BCUT2D eigenvalue weighted by Gasteiger charge is 2.28. The maximum atomic E-state index is 11.5. The van der Waals surface area contributed by atoms with Crippen LogP contribution in [0.5, 0.6) is 0 Å². The van der Waals surface area contributed by atoms with E-state index in [0.717, 1.165) is 16.7 Å². The van der Waals surface area contributed by atoms with Crippen molar-refractivity contribution in [3.05, 3.63) is 124 Å². The summed E-state index contributed by atoms with van der Waals surface area (Å²) in [6.07, 6.45) is 7.55. The van der Waals surface area contributed by atoms with Crippen LogP contribution < -0.4 is 17.2 Å². The lowest BCUT2D eigenvalue weighted by Crippen LogP contribution is -2.16. The minimum absolute atomic E-state index is 0.128. The number of hydrogen-bond acceptors (Lipinski definition) is 12. The Hall–Kier alpha value is -7.89. The molecular formula is C57H78N6O12. The van der Waals surface area contributed by atoms with E-state index in [1.807, 2.05) is 83.1 Å². The van der Waals surface area contributed by atoms with E-state index in [9.17, 15) is 59.4 Å². The minimum atomic E-state index is -1.42. The summed E-state index contributed by atoms with van der Waals surface area (Å²) in [5.74, 6) is -7.09. The van der Waals surface area contributed by atoms with E-state index in [1.54, 1.807) is 54.6 Å². The number of carboxylic acids is 6. The SMILES string of the molecule is CC(C)CC(=C(C(=O)O)C(=O)O)c1ccc(N)cc1CC(C)C.CC(C)CC(=C(C(=O)O)C(=O)O)c1ccc(N)cc1CC(C)C.CC(C)CC(=C(C(=O)O)C(=O)O)c1ccc(N)cc1CC(C)C.c1ncncn1. The van der Waals surface area contributed by atoms with Crippen LogP contribution in [0.2, 0.25) is 0 Å². The molecule has 0 spiro atoms. The van der Waals surface area contributed by atoms with Gasteiger partial charge in [0.15, 0.2) is 0 Å². The highest BCUT2D eigenvalue weighted by Crippen LogP contribution is 2.35. The Morgan fingerprint density at radius 2 is 0.560 bits per heavy atom. The molecule has 18 nitrogen and oxygen atoms in total. The summed E-state index contributed by atoms with van der Waals surface area (Å²) >= 11 is 0. The fourth-order valence-electron chi connectivity index (χ4n) is 8.07. The molecule has 4 aromatic rings. The fourth-order valence-corrected chi connectivity index (χ4v) is 8.07. The number of allylic oxidation sites excluding steroid dienone is 3. The molecule has 0 fully saturated rings. The second-order valence-electron chi connectivity index (χ2n) is 20.5. The second kappa shape index (κ2) is 31.6. The van der Waals surface area contributed by atoms with Gasteiger partial charge >= 0.3 is 35.8 Å². The predicted molar refractivity (Wildman–Crippen MR) is 293 cm³/mol. The molecule has 0 bridgehead atoms. The lowest BCUT2D eigenvalue weighted by molar-refractivity contribution is -0.142. The highest BCUT2D eigenvalue weighted by molar-refractivity contribution is 6.20. The number of hydrogen-bond donors (Lipinski definition) is 9. The molecule has 12 N–H and O–H groups in total. The van der Waals surface area contributed by atoms with Crippen molar-refractivity contribution in [2.75, 3.05) is 17.2 Å². The average Bonchev–Trinajstić information content (AvgIpc) is 3.25. The smallest absolute Gasteiger partial charge is 0.343 e. The summed E-state index contributed by atoms with van der Waals surface area (Å²) in [5, 5.41) is 56.1. The number of nitrogens with two attached hydrogens (primary N) is 3. The van der Waals surface area contributed by atoms with E-state index in [-0.39, 0.29) is 17.8 Å². The number of rotatable bonds is 21. The Labute approximate surface area is 440 Å². The first-order valence-electron chi connectivity index (χ1n) is 24.7. The average molecular weight is 1040 g/mol. The van der Waals surface area contributed by atoms with E-state index in [4.69, 9.17) is 17.2 Å². The summed E-state index contributed by atoms with van der Waals surface area (Å²) in [7, 11) is 0. The van der Waals surface area contributed by atoms with Crippen LogP contribution in [0, 0.1) is 35.5 Å². The Kier molecular flexibility index (Phi) is 27.5. The van der Waals surface area contributed by atoms with Crippen molar-refractivity contribution in [1.82, 2.24) is 15.0 Å². The third-order valence-electron chi connectivity index (χ3n) is 10.7. The Morgan fingerprint density at radius 1 is 0.360 bits per heavy atom. The van der Waals surface area contributed by atoms with Crippen LogP contribution >= 0.6 is 0 Å². The summed E-state index contributed by atoms with van der Waals surface area (Å²) < 4.78 is 0. The summed E-state index contributed by atoms with van der Waals surface area (Å²) in [6, 6.07) is 15.7. The standard InChI is InChI=1S/3C18H25NO4.C3H3N3/c3*1-10(2)7-12-9-13(19)5-6-14(12)15(8-11(3)4)16(17(20)21)18(22)23;1-4-2-6-3-5-1/h3*5-6,9-11H,7-8,19H2,1-4H3,(H,20,21)(H,22,23);1-3H. The number of aromatic nitrogens is 3. The Balaban J connectivity index is 0.000000530. The Bertz CT molecular complexity index is 2350. The van der Waals surface area contributed by atoms with Gasteiger partial charge in [0, 0.05) is 17.1 Å². The van der Waals surface area contributed by atoms with Crippen LogP contribution in [0.15, 0.2) is 90.3 Å². The maximum absolute atomic E-state index is 11.5. The van der Waals surface area contributed by atoms with Gasteiger partial charge in [-0.3, -0.25) is 0 Å². The largest absolute Gasteiger partial charge is 0.477 e.